The van der Waals surface area contributed by atoms with Crippen LogP contribution in [0.3, 0.4) is 0 Å². The van der Waals surface area contributed by atoms with Crippen LogP contribution in [0.25, 0.3) is 0 Å². The van der Waals surface area contributed by atoms with Gasteiger partial charge >= 0.3 is 0 Å². The fourth-order valence-corrected chi connectivity index (χ4v) is 1.95. The van der Waals surface area contributed by atoms with E-state index in [2.05, 4.69) is 5.32 Å². The zero-order valence-electron chi connectivity index (χ0n) is 11.7. The summed E-state index contributed by atoms with van der Waals surface area (Å²) in [5, 5.41) is 2.81. The molecular formula is C17H18ClNO2. The third-order valence-corrected chi connectivity index (χ3v) is 3.23. The molecule has 2 aromatic carbocycles. The number of hydrogen-bond donors (Lipinski definition) is 1. The summed E-state index contributed by atoms with van der Waals surface area (Å²) in [4.78, 5) is 11.8. The standard InChI is InChI=1S/C17H18ClNO2/c18-11-4-12-19-17(20)15-7-9-16(10-8-15)21-13-14-5-2-1-3-6-14/h1-3,5-10H,4,11-13H2,(H,19,20). The summed E-state index contributed by atoms with van der Waals surface area (Å²) in [5.41, 5.74) is 1.73. The van der Waals surface area contributed by atoms with E-state index in [0.29, 0.717) is 24.6 Å². The number of carbonyl (C=O) groups excluding carboxylic acids is 1. The Hall–Kier alpha value is -2.00. The van der Waals surface area contributed by atoms with Crippen molar-refractivity contribution in [1.29, 1.82) is 0 Å². The maximum atomic E-state index is 11.8. The number of ether oxygens (including phenoxy) is 1. The van der Waals surface area contributed by atoms with Crippen molar-refractivity contribution < 1.29 is 9.53 Å². The van der Waals surface area contributed by atoms with Crippen molar-refractivity contribution in [2.75, 3.05) is 12.4 Å². The number of rotatable bonds is 7. The third-order valence-electron chi connectivity index (χ3n) is 2.96. The van der Waals surface area contributed by atoms with Crippen LogP contribution in [-0.4, -0.2) is 18.3 Å². The predicted molar refractivity (Wildman–Crippen MR) is 84.9 cm³/mol. The van der Waals surface area contributed by atoms with Gasteiger partial charge in [-0.05, 0) is 36.2 Å². The SMILES string of the molecule is O=C(NCCCCl)c1ccc(OCc2ccccc2)cc1. The summed E-state index contributed by atoms with van der Waals surface area (Å²) in [6.07, 6.45) is 0.769. The van der Waals surface area contributed by atoms with Crippen molar-refractivity contribution in [3.05, 3.63) is 65.7 Å². The lowest BCUT2D eigenvalue weighted by molar-refractivity contribution is 0.0953. The maximum absolute atomic E-state index is 11.8. The molecule has 0 aliphatic rings. The van der Waals surface area contributed by atoms with E-state index < -0.39 is 0 Å². The second-order valence-electron chi connectivity index (χ2n) is 4.60. The van der Waals surface area contributed by atoms with Crippen LogP contribution in [0.4, 0.5) is 0 Å². The molecule has 0 heterocycles. The van der Waals surface area contributed by atoms with Gasteiger partial charge in [0, 0.05) is 18.0 Å². The van der Waals surface area contributed by atoms with Gasteiger partial charge in [-0.25, -0.2) is 0 Å². The summed E-state index contributed by atoms with van der Waals surface area (Å²) in [7, 11) is 0. The van der Waals surface area contributed by atoms with Crippen LogP contribution >= 0.6 is 11.6 Å². The zero-order chi connectivity index (χ0) is 14.9. The number of carbonyl (C=O) groups is 1. The Morgan fingerprint density at radius 3 is 2.43 bits per heavy atom. The average Bonchev–Trinajstić information content (AvgIpc) is 2.54. The first-order chi connectivity index (χ1) is 10.3. The van der Waals surface area contributed by atoms with E-state index in [1.807, 2.05) is 30.3 Å². The van der Waals surface area contributed by atoms with Gasteiger partial charge in [-0.1, -0.05) is 30.3 Å². The zero-order valence-corrected chi connectivity index (χ0v) is 12.5. The molecule has 0 radical (unpaired) electrons. The van der Waals surface area contributed by atoms with E-state index in [1.165, 1.54) is 0 Å². The molecular weight excluding hydrogens is 286 g/mol. The molecule has 0 saturated carbocycles. The van der Waals surface area contributed by atoms with Crippen LogP contribution < -0.4 is 10.1 Å². The first-order valence-corrected chi connectivity index (χ1v) is 7.44. The molecule has 0 aromatic heterocycles. The summed E-state index contributed by atoms with van der Waals surface area (Å²) in [6, 6.07) is 17.1. The largest absolute Gasteiger partial charge is 0.489 e. The van der Waals surface area contributed by atoms with Crippen LogP contribution in [0.2, 0.25) is 0 Å². The molecule has 0 bridgehead atoms. The molecule has 0 unspecified atom stereocenters. The first kappa shape index (κ1) is 15.4. The molecule has 21 heavy (non-hydrogen) atoms. The Labute approximate surface area is 129 Å². The number of hydrogen-bond acceptors (Lipinski definition) is 2. The van der Waals surface area contributed by atoms with E-state index in [9.17, 15) is 4.79 Å². The van der Waals surface area contributed by atoms with E-state index in [1.54, 1.807) is 24.3 Å². The maximum Gasteiger partial charge on any atom is 0.251 e. The van der Waals surface area contributed by atoms with Gasteiger partial charge in [-0.2, -0.15) is 0 Å². The third kappa shape index (κ3) is 5.12. The highest BCUT2D eigenvalue weighted by Crippen LogP contribution is 2.14. The van der Waals surface area contributed by atoms with Crippen molar-refractivity contribution >= 4 is 17.5 Å². The van der Waals surface area contributed by atoms with E-state index in [4.69, 9.17) is 16.3 Å². The van der Waals surface area contributed by atoms with Crippen molar-refractivity contribution in [3.63, 3.8) is 0 Å². The summed E-state index contributed by atoms with van der Waals surface area (Å²) in [5.74, 6) is 1.21. The lowest BCUT2D eigenvalue weighted by Gasteiger charge is -2.08. The van der Waals surface area contributed by atoms with Gasteiger partial charge in [-0.15, -0.1) is 11.6 Å². The predicted octanol–water partition coefficient (Wildman–Crippen LogP) is 3.62. The molecule has 0 aliphatic carbocycles. The van der Waals surface area contributed by atoms with Crippen LogP contribution in [0.15, 0.2) is 54.6 Å². The summed E-state index contributed by atoms with van der Waals surface area (Å²) < 4.78 is 5.68. The van der Waals surface area contributed by atoms with Crippen LogP contribution in [0.1, 0.15) is 22.3 Å². The Balaban J connectivity index is 1.85. The Bertz CT molecular complexity index is 555. The van der Waals surface area contributed by atoms with E-state index >= 15 is 0 Å². The van der Waals surface area contributed by atoms with Crippen LogP contribution in [-0.2, 0) is 6.61 Å². The van der Waals surface area contributed by atoms with Crippen molar-refractivity contribution in [2.45, 2.75) is 13.0 Å². The van der Waals surface area contributed by atoms with Gasteiger partial charge < -0.3 is 10.1 Å². The summed E-state index contributed by atoms with van der Waals surface area (Å²) >= 11 is 5.57. The summed E-state index contributed by atoms with van der Waals surface area (Å²) in [6.45, 7) is 1.11. The number of amides is 1. The second-order valence-corrected chi connectivity index (χ2v) is 4.98. The number of benzene rings is 2. The normalized spacial score (nSPS) is 10.1. The number of alkyl halides is 1. The lowest BCUT2D eigenvalue weighted by Crippen LogP contribution is -2.24. The minimum absolute atomic E-state index is 0.0882. The van der Waals surface area contributed by atoms with Crippen LogP contribution in [0.5, 0.6) is 5.75 Å². The highest BCUT2D eigenvalue weighted by Gasteiger charge is 2.04. The van der Waals surface area contributed by atoms with Gasteiger partial charge in [0.05, 0.1) is 0 Å². The van der Waals surface area contributed by atoms with Gasteiger partial charge in [-0.3, -0.25) is 4.79 Å². The van der Waals surface area contributed by atoms with Crippen molar-refractivity contribution in [1.82, 2.24) is 5.32 Å². The quantitative estimate of drug-likeness (QED) is 0.626. The second kappa shape index (κ2) is 8.32. The molecule has 0 spiro atoms. The fraction of sp³-hybridized carbons (Fsp3) is 0.235. The lowest BCUT2D eigenvalue weighted by atomic mass is 10.2. The van der Waals surface area contributed by atoms with Crippen molar-refractivity contribution in [3.8, 4) is 5.75 Å². The van der Waals surface area contributed by atoms with Crippen LogP contribution in [0, 0.1) is 0 Å². The Morgan fingerprint density at radius 1 is 1.05 bits per heavy atom. The molecule has 3 nitrogen and oxygen atoms in total. The van der Waals surface area contributed by atoms with E-state index in [-0.39, 0.29) is 5.91 Å². The topological polar surface area (TPSA) is 38.3 Å². The van der Waals surface area contributed by atoms with Gasteiger partial charge in [0.1, 0.15) is 12.4 Å². The van der Waals surface area contributed by atoms with Gasteiger partial charge in [0.25, 0.3) is 5.91 Å². The average molecular weight is 304 g/mol. The van der Waals surface area contributed by atoms with Gasteiger partial charge in [0.15, 0.2) is 0 Å². The molecule has 0 atom stereocenters. The first-order valence-electron chi connectivity index (χ1n) is 6.90. The Morgan fingerprint density at radius 2 is 1.76 bits per heavy atom. The molecule has 2 aromatic rings. The minimum atomic E-state index is -0.0882. The molecule has 0 fully saturated rings. The van der Waals surface area contributed by atoms with E-state index in [0.717, 1.165) is 17.7 Å². The van der Waals surface area contributed by atoms with Crippen molar-refractivity contribution in [2.24, 2.45) is 0 Å². The highest BCUT2D eigenvalue weighted by molar-refractivity contribution is 6.17. The molecule has 1 amide bonds. The fourth-order valence-electron chi connectivity index (χ4n) is 1.81. The number of nitrogens with one attached hydrogen (secondary N) is 1. The molecule has 0 saturated heterocycles. The molecule has 1 N–H and O–H groups in total. The Kier molecular flexibility index (Phi) is 6.10. The molecule has 110 valence electrons. The molecule has 4 heteroatoms. The number of halogens is 1. The molecule has 0 aliphatic heterocycles. The highest BCUT2D eigenvalue weighted by atomic mass is 35.5. The monoisotopic (exact) mass is 303 g/mol. The smallest absolute Gasteiger partial charge is 0.251 e. The molecule has 2 rings (SSSR count). The minimum Gasteiger partial charge on any atom is -0.489 e. The van der Waals surface area contributed by atoms with Gasteiger partial charge in [0.2, 0.25) is 0 Å².